The van der Waals surface area contributed by atoms with E-state index in [1.54, 1.807) is 0 Å². The van der Waals surface area contributed by atoms with Crippen LogP contribution in [0.25, 0.3) is 0 Å². The lowest BCUT2D eigenvalue weighted by molar-refractivity contribution is 0.0473. The van der Waals surface area contributed by atoms with Gasteiger partial charge in [0.25, 0.3) is 0 Å². The van der Waals surface area contributed by atoms with Gasteiger partial charge in [0.1, 0.15) is 0 Å². The molecule has 1 heterocycles. The number of fused-ring (bicyclic) bond motifs is 1. The van der Waals surface area contributed by atoms with Crippen LogP contribution in [0.3, 0.4) is 0 Å². The Balaban J connectivity index is 1.79. The molecule has 0 saturated carbocycles. The highest BCUT2D eigenvalue weighted by atomic mass is 16.7. The predicted molar refractivity (Wildman–Crippen MR) is 84.8 cm³/mol. The van der Waals surface area contributed by atoms with E-state index in [1.165, 1.54) is 11.1 Å². The highest BCUT2D eigenvalue weighted by Crippen LogP contribution is 2.32. The Morgan fingerprint density at radius 3 is 2.86 bits per heavy atom. The highest BCUT2D eigenvalue weighted by molar-refractivity contribution is 5.44. The molecule has 0 aliphatic carbocycles. The van der Waals surface area contributed by atoms with Gasteiger partial charge in [-0.15, -0.1) is 0 Å². The lowest BCUT2D eigenvalue weighted by Gasteiger charge is -2.21. The average molecular weight is 290 g/mol. The largest absolute Gasteiger partial charge is 0.454 e. The van der Waals surface area contributed by atoms with Crippen molar-refractivity contribution in [2.75, 3.05) is 6.79 Å². The zero-order valence-electron chi connectivity index (χ0n) is 13.3. The SMILES string of the molecule is CCC(C)(O)CCC(C)=CCCc1ccc2c(c1)OCO2. The maximum atomic E-state index is 10.0. The molecular weight excluding hydrogens is 264 g/mol. The molecule has 0 fully saturated rings. The summed E-state index contributed by atoms with van der Waals surface area (Å²) in [7, 11) is 0. The van der Waals surface area contributed by atoms with Crippen LogP contribution < -0.4 is 9.47 Å². The molecule has 0 saturated heterocycles. The molecule has 0 amide bonds. The fourth-order valence-corrected chi connectivity index (χ4v) is 2.33. The molecule has 1 aliphatic rings. The first-order valence-electron chi connectivity index (χ1n) is 7.77. The Morgan fingerprint density at radius 1 is 1.33 bits per heavy atom. The minimum Gasteiger partial charge on any atom is -0.454 e. The summed E-state index contributed by atoms with van der Waals surface area (Å²) in [6.45, 7) is 6.41. The second-order valence-corrected chi connectivity index (χ2v) is 6.13. The molecule has 3 nitrogen and oxygen atoms in total. The zero-order chi connectivity index (χ0) is 15.3. The molecule has 1 N–H and O–H groups in total. The first-order valence-corrected chi connectivity index (χ1v) is 7.77. The topological polar surface area (TPSA) is 38.7 Å². The second kappa shape index (κ2) is 6.99. The fraction of sp³-hybridized carbons (Fsp3) is 0.556. The van der Waals surface area contributed by atoms with Crippen molar-refractivity contribution in [2.45, 2.75) is 58.5 Å². The summed E-state index contributed by atoms with van der Waals surface area (Å²) in [5, 5.41) is 10.0. The summed E-state index contributed by atoms with van der Waals surface area (Å²) in [5.41, 5.74) is 2.08. The summed E-state index contributed by atoms with van der Waals surface area (Å²) in [5.74, 6) is 1.69. The molecule has 0 radical (unpaired) electrons. The van der Waals surface area contributed by atoms with E-state index in [0.29, 0.717) is 6.79 Å². The molecule has 21 heavy (non-hydrogen) atoms. The quantitative estimate of drug-likeness (QED) is 0.764. The fourth-order valence-electron chi connectivity index (χ4n) is 2.33. The molecule has 1 aromatic carbocycles. The van der Waals surface area contributed by atoms with E-state index in [2.05, 4.69) is 25.1 Å². The molecule has 0 aromatic heterocycles. The van der Waals surface area contributed by atoms with Gasteiger partial charge in [-0.05, 0) is 63.6 Å². The van der Waals surface area contributed by atoms with Crippen molar-refractivity contribution in [1.82, 2.24) is 0 Å². The van der Waals surface area contributed by atoms with E-state index in [0.717, 1.165) is 43.6 Å². The molecule has 0 bridgehead atoms. The zero-order valence-corrected chi connectivity index (χ0v) is 13.3. The van der Waals surface area contributed by atoms with Crippen LogP contribution in [0.2, 0.25) is 0 Å². The molecule has 116 valence electrons. The third-order valence-electron chi connectivity index (χ3n) is 4.18. The highest BCUT2D eigenvalue weighted by Gasteiger charge is 2.16. The van der Waals surface area contributed by atoms with Crippen LogP contribution in [0.4, 0.5) is 0 Å². The lowest BCUT2D eigenvalue weighted by atomic mass is 9.94. The Hall–Kier alpha value is -1.48. The molecule has 1 unspecified atom stereocenters. The smallest absolute Gasteiger partial charge is 0.231 e. The van der Waals surface area contributed by atoms with Gasteiger partial charge >= 0.3 is 0 Å². The van der Waals surface area contributed by atoms with Gasteiger partial charge in [-0.2, -0.15) is 0 Å². The van der Waals surface area contributed by atoms with Crippen molar-refractivity contribution >= 4 is 0 Å². The van der Waals surface area contributed by atoms with Crippen LogP contribution in [0, 0.1) is 0 Å². The average Bonchev–Trinajstić information content (AvgIpc) is 2.93. The molecular formula is C18H26O3. The molecule has 2 rings (SSSR count). The Kier molecular flexibility index (Phi) is 5.29. The van der Waals surface area contributed by atoms with Crippen molar-refractivity contribution in [1.29, 1.82) is 0 Å². The van der Waals surface area contributed by atoms with Crippen LogP contribution in [-0.4, -0.2) is 17.5 Å². The van der Waals surface area contributed by atoms with Crippen LogP contribution in [0.5, 0.6) is 11.5 Å². The van der Waals surface area contributed by atoms with Gasteiger partial charge in [-0.3, -0.25) is 0 Å². The van der Waals surface area contributed by atoms with E-state index < -0.39 is 5.60 Å². The van der Waals surface area contributed by atoms with Gasteiger partial charge in [0.2, 0.25) is 6.79 Å². The first kappa shape index (κ1) is 15.9. The maximum absolute atomic E-state index is 10.0. The van der Waals surface area contributed by atoms with Crippen molar-refractivity contribution in [3.05, 3.63) is 35.4 Å². The van der Waals surface area contributed by atoms with Gasteiger partial charge in [-0.25, -0.2) is 0 Å². The van der Waals surface area contributed by atoms with Crippen LogP contribution in [0.15, 0.2) is 29.8 Å². The van der Waals surface area contributed by atoms with E-state index in [4.69, 9.17) is 9.47 Å². The molecule has 1 aromatic rings. The molecule has 0 spiro atoms. The third kappa shape index (κ3) is 4.78. The Labute approximate surface area is 127 Å². The van der Waals surface area contributed by atoms with Crippen molar-refractivity contribution < 1.29 is 14.6 Å². The van der Waals surface area contributed by atoms with E-state index in [-0.39, 0.29) is 0 Å². The van der Waals surface area contributed by atoms with Gasteiger partial charge < -0.3 is 14.6 Å². The number of ether oxygens (including phenoxy) is 2. The van der Waals surface area contributed by atoms with Crippen LogP contribution in [-0.2, 0) is 6.42 Å². The number of aliphatic hydroxyl groups is 1. The Bertz CT molecular complexity index is 503. The Morgan fingerprint density at radius 2 is 2.10 bits per heavy atom. The van der Waals surface area contributed by atoms with Gasteiger partial charge in [-0.1, -0.05) is 24.6 Å². The molecule has 1 aliphatic heterocycles. The predicted octanol–water partition coefficient (Wildman–Crippen LogP) is 4.24. The minimum absolute atomic E-state index is 0.329. The van der Waals surface area contributed by atoms with E-state index >= 15 is 0 Å². The first-order chi connectivity index (χ1) is 10.00. The minimum atomic E-state index is -0.535. The van der Waals surface area contributed by atoms with Crippen LogP contribution in [0.1, 0.15) is 52.0 Å². The summed E-state index contributed by atoms with van der Waals surface area (Å²) in [4.78, 5) is 0. The summed E-state index contributed by atoms with van der Waals surface area (Å²) in [6, 6.07) is 6.14. The van der Waals surface area contributed by atoms with Gasteiger partial charge in [0.15, 0.2) is 11.5 Å². The normalized spacial score (nSPS) is 16.9. The van der Waals surface area contributed by atoms with Gasteiger partial charge in [0.05, 0.1) is 5.60 Å². The monoisotopic (exact) mass is 290 g/mol. The molecule has 3 heteroatoms. The third-order valence-corrected chi connectivity index (χ3v) is 4.18. The molecule has 1 atom stereocenters. The van der Waals surface area contributed by atoms with Crippen LogP contribution >= 0.6 is 0 Å². The van der Waals surface area contributed by atoms with E-state index in [9.17, 15) is 5.11 Å². The maximum Gasteiger partial charge on any atom is 0.231 e. The number of hydrogen-bond acceptors (Lipinski definition) is 3. The van der Waals surface area contributed by atoms with Crippen molar-refractivity contribution in [2.24, 2.45) is 0 Å². The number of aryl methyl sites for hydroxylation is 1. The summed E-state index contributed by atoms with van der Waals surface area (Å²) in [6.07, 6.45) is 6.88. The number of benzene rings is 1. The lowest BCUT2D eigenvalue weighted by Crippen LogP contribution is -2.22. The standard InChI is InChI=1S/C18H26O3/c1-4-18(3,19)11-10-14(2)6-5-7-15-8-9-16-17(12-15)21-13-20-16/h6,8-9,12,19H,4-5,7,10-11,13H2,1-3H3. The summed E-state index contributed by atoms with van der Waals surface area (Å²) < 4.78 is 10.7. The second-order valence-electron chi connectivity index (χ2n) is 6.13. The number of hydrogen-bond donors (Lipinski definition) is 1. The van der Waals surface area contributed by atoms with E-state index in [1.807, 2.05) is 19.9 Å². The van der Waals surface area contributed by atoms with Crippen molar-refractivity contribution in [3.8, 4) is 11.5 Å². The van der Waals surface area contributed by atoms with Crippen molar-refractivity contribution in [3.63, 3.8) is 0 Å². The number of allylic oxidation sites excluding steroid dienone is 2. The van der Waals surface area contributed by atoms with Gasteiger partial charge in [0, 0.05) is 0 Å². The summed E-state index contributed by atoms with van der Waals surface area (Å²) >= 11 is 0. The number of rotatable bonds is 7.